The van der Waals surface area contributed by atoms with Crippen molar-refractivity contribution in [3.63, 3.8) is 0 Å². The zero-order valence-electron chi connectivity index (χ0n) is 7.92. The van der Waals surface area contributed by atoms with Crippen molar-refractivity contribution in [2.75, 3.05) is 6.54 Å². The van der Waals surface area contributed by atoms with Gasteiger partial charge in [0.1, 0.15) is 0 Å². The van der Waals surface area contributed by atoms with Crippen LogP contribution >= 0.6 is 0 Å². The lowest BCUT2D eigenvalue weighted by Crippen LogP contribution is -2.35. The number of aryl methyl sites for hydroxylation is 1. The van der Waals surface area contributed by atoms with Gasteiger partial charge in [-0.15, -0.1) is 0 Å². The lowest BCUT2D eigenvalue weighted by atomic mass is 10.0. The molecule has 0 aliphatic carbocycles. The molecule has 1 saturated heterocycles. The topological polar surface area (TPSA) is 51.0 Å². The Hall–Kier alpha value is -0.900. The van der Waals surface area contributed by atoms with Gasteiger partial charge in [-0.3, -0.25) is 0 Å². The molecule has 0 unspecified atom stereocenters. The van der Waals surface area contributed by atoms with Gasteiger partial charge in [-0.25, -0.2) is 0 Å². The van der Waals surface area contributed by atoms with Crippen LogP contribution in [0.4, 0.5) is 0 Å². The zero-order valence-corrected chi connectivity index (χ0v) is 7.92. The molecule has 2 heterocycles. The minimum Gasteiger partial charge on any atom is -0.339 e. The molecule has 1 aliphatic heterocycles. The standard InChI is InChI=1S/C9H15N3O/c1-7-11-9(13-12-7)6-8-4-2-3-5-10-8/h8,10H,2-6H2,1H3/t8-/m0/s1. The van der Waals surface area contributed by atoms with Crippen LogP contribution in [0.25, 0.3) is 0 Å². The smallest absolute Gasteiger partial charge is 0.228 e. The summed E-state index contributed by atoms with van der Waals surface area (Å²) in [7, 11) is 0. The fourth-order valence-corrected chi connectivity index (χ4v) is 1.73. The minimum absolute atomic E-state index is 0.536. The third-order valence-electron chi connectivity index (χ3n) is 2.40. The molecule has 0 saturated carbocycles. The van der Waals surface area contributed by atoms with Gasteiger partial charge >= 0.3 is 0 Å². The van der Waals surface area contributed by atoms with Gasteiger partial charge < -0.3 is 9.84 Å². The number of aromatic nitrogens is 2. The summed E-state index contributed by atoms with van der Waals surface area (Å²) < 4.78 is 5.07. The largest absolute Gasteiger partial charge is 0.339 e. The predicted octanol–water partition coefficient (Wildman–Crippen LogP) is 1.06. The highest BCUT2D eigenvalue weighted by Crippen LogP contribution is 2.11. The average molecular weight is 181 g/mol. The Labute approximate surface area is 77.7 Å². The summed E-state index contributed by atoms with van der Waals surface area (Å²) >= 11 is 0. The van der Waals surface area contributed by atoms with E-state index in [9.17, 15) is 0 Å². The Bertz CT molecular complexity index is 266. The maximum Gasteiger partial charge on any atom is 0.228 e. The summed E-state index contributed by atoms with van der Waals surface area (Å²) in [5.41, 5.74) is 0. The molecule has 0 aromatic carbocycles. The molecular formula is C9H15N3O. The second-order valence-electron chi connectivity index (χ2n) is 3.59. The van der Waals surface area contributed by atoms with Gasteiger partial charge in [-0.05, 0) is 26.3 Å². The van der Waals surface area contributed by atoms with Crippen molar-refractivity contribution in [2.45, 2.75) is 38.6 Å². The summed E-state index contributed by atoms with van der Waals surface area (Å²) in [6, 6.07) is 0.536. The van der Waals surface area contributed by atoms with Gasteiger partial charge in [0.25, 0.3) is 0 Å². The van der Waals surface area contributed by atoms with Gasteiger partial charge in [0, 0.05) is 12.5 Å². The number of hydrogen-bond acceptors (Lipinski definition) is 4. The molecule has 1 aliphatic rings. The van der Waals surface area contributed by atoms with Gasteiger partial charge in [-0.2, -0.15) is 4.98 Å². The van der Waals surface area contributed by atoms with E-state index in [2.05, 4.69) is 15.5 Å². The molecule has 0 bridgehead atoms. The summed E-state index contributed by atoms with van der Waals surface area (Å²) in [6.45, 7) is 2.97. The lowest BCUT2D eigenvalue weighted by molar-refractivity contribution is 0.330. The van der Waals surface area contributed by atoms with Crippen LogP contribution in [-0.4, -0.2) is 22.7 Å². The third-order valence-corrected chi connectivity index (χ3v) is 2.40. The molecule has 4 nitrogen and oxygen atoms in total. The summed E-state index contributed by atoms with van der Waals surface area (Å²) in [4.78, 5) is 4.19. The Balaban J connectivity index is 1.89. The Kier molecular flexibility index (Phi) is 2.59. The predicted molar refractivity (Wildman–Crippen MR) is 48.4 cm³/mol. The number of nitrogens with zero attached hydrogens (tertiary/aromatic N) is 2. The number of nitrogens with one attached hydrogen (secondary N) is 1. The maximum absolute atomic E-state index is 5.07. The van der Waals surface area contributed by atoms with Crippen LogP contribution in [0.1, 0.15) is 31.0 Å². The van der Waals surface area contributed by atoms with Crippen LogP contribution in [0.15, 0.2) is 4.52 Å². The van der Waals surface area contributed by atoms with Crippen molar-refractivity contribution in [1.29, 1.82) is 0 Å². The molecule has 0 spiro atoms. The first-order chi connectivity index (χ1) is 6.34. The van der Waals surface area contributed by atoms with Crippen LogP contribution in [0.2, 0.25) is 0 Å². The highest BCUT2D eigenvalue weighted by Gasteiger charge is 2.15. The van der Waals surface area contributed by atoms with Crippen LogP contribution in [-0.2, 0) is 6.42 Å². The summed E-state index contributed by atoms with van der Waals surface area (Å²) in [5, 5.41) is 7.22. The molecule has 72 valence electrons. The van der Waals surface area contributed by atoms with E-state index in [0.29, 0.717) is 6.04 Å². The summed E-state index contributed by atoms with van der Waals surface area (Å²) in [6.07, 6.45) is 4.70. The molecule has 1 atom stereocenters. The molecule has 1 aromatic heterocycles. The SMILES string of the molecule is Cc1noc(C[C@@H]2CCCCN2)n1. The first-order valence-corrected chi connectivity index (χ1v) is 4.87. The van der Waals surface area contributed by atoms with Crippen molar-refractivity contribution >= 4 is 0 Å². The molecule has 4 heteroatoms. The molecular weight excluding hydrogens is 166 g/mol. The van der Waals surface area contributed by atoms with E-state index in [4.69, 9.17) is 4.52 Å². The fraction of sp³-hybridized carbons (Fsp3) is 0.778. The van der Waals surface area contributed by atoms with E-state index in [1.165, 1.54) is 19.3 Å². The molecule has 2 rings (SSSR count). The van der Waals surface area contributed by atoms with Gasteiger partial charge in [0.2, 0.25) is 5.89 Å². The second-order valence-corrected chi connectivity index (χ2v) is 3.59. The second kappa shape index (κ2) is 3.87. The van der Waals surface area contributed by atoms with Crippen molar-refractivity contribution in [3.05, 3.63) is 11.7 Å². The Morgan fingerprint density at radius 3 is 3.08 bits per heavy atom. The van der Waals surface area contributed by atoms with E-state index < -0.39 is 0 Å². The molecule has 1 fully saturated rings. The van der Waals surface area contributed by atoms with E-state index in [1.54, 1.807) is 0 Å². The maximum atomic E-state index is 5.07. The van der Waals surface area contributed by atoms with Crippen molar-refractivity contribution in [3.8, 4) is 0 Å². The number of hydrogen-bond donors (Lipinski definition) is 1. The van der Waals surface area contributed by atoms with Crippen molar-refractivity contribution in [2.24, 2.45) is 0 Å². The Morgan fingerprint density at radius 1 is 1.54 bits per heavy atom. The van der Waals surface area contributed by atoms with Crippen LogP contribution in [0.5, 0.6) is 0 Å². The van der Waals surface area contributed by atoms with E-state index in [1.807, 2.05) is 6.92 Å². The first-order valence-electron chi connectivity index (χ1n) is 4.87. The van der Waals surface area contributed by atoms with E-state index in [0.717, 1.165) is 24.7 Å². The van der Waals surface area contributed by atoms with Crippen molar-refractivity contribution < 1.29 is 4.52 Å². The van der Waals surface area contributed by atoms with Gasteiger partial charge in [0.05, 0.1) is 0 Å². The minimum atomic E-state index is 0.536. The normalized spacial score (nSPS) is 23.3. The monoisotopic (exact) mass is 181 g/mol. The van der Waals surface area contributed by atoms with Gasteiger partial charge in [-0.1, -0.05) is 11.6 Å². The van der Waals surface area contributed by atoms with Crippen LogP contribution in [0, 0.1) is 6.92 Å². The van der Waals surface area contributed by atoms with Crippen LogP contribution in [0.3, 0.4) is 0 Å². The molecule has 0 amide bonds. The number of piperidine rings is 1. The average Bonchev–Trinajstić information content (AvgIpc) is 2.53. The molecule has 1 aromatic rings. The summed E-state index contributed by atoms with van der Waals surface area (Å²) in [5.74, 6) is 1.49. The van der Waals surface area contributed by atoms with Gasteiger partial charge in [0.15, 0.2) is 5.82 Å². The zero-order chi connectivity index (χ0) is 9.10. The third kappa shape index (κ3) is 2.28. The van der Waals surface area contributed by atoms with Crippen LogP contribution < -0.4 is 5.32 Å². The molecule has 0 radical (unpaired) electrons. The number of rotatable bonds is 2. The highest BCUT2D eigenvalue weighted by molar-refractivity contribution is 4.88. The fourth-order valence-electron chi connectivity index (χ4n) is 1.73. The first kappa shape index (κ1) is 8.69. The van der Waals surface area contributed by atoms with E-state index in [-0.39, 0.29) is 0 Å². The van der Waals surface area contributed by atoms with Crippen molar-refractivity contribution in [1.82, 2.24) is 15.5 Å². The molecule has 1 N–H and O–H groups in total. The molecule has 13 heavy (non-hydrogen) atoms. The Morgan fingerprint density at radius 2 is 2.46 bits per heavy atom. The lowest BCUT2D eigenvalue weighted by Gasteiger charge is -2.21. The van der Waals surface area contributed by atoms with E-state index >= 15 is 0 Å². The quantitative estimate of drug-likeness (QED) is 0.741. The highest BCUT2D eigenvalue weighted by atomic mass is 16.5.